The van der Waals surface area contributed by atoms with Gasteiger partial charge in [0.15, 0.2) is 0 Å². The lowest BCUT2D eigenvalue weighted by atomic mass is 10.1. The molecule has 1 aliphatic rings. The Morgan fingerprint density at radius 3 is 2.76 bits per heavy atom. The third-order valence-corrected chi connectivity index (χ3v) is 3.10. The minimum atomic E-state index is 0.117. The molecular weight excluding hydrogens is 216 g/mol. The van der Waals surface area contributed by atoms with E-state index in [0.717, 1.165) is 24.9 Å². The van der Waals surface area contributed by atoms with Crippen molar-refractivity contribution in [1.82, 2.24) is 4.90 Å². The molecule has 1 aromatic rings. The number of rotatable bonds is 2. The van der Waals surface area contributed by atoms with Gasteiger partial charge in [0.05, 0.1) is 6.42 Å². The van der Waals surface area contributed by atoms with Gasteiger partial charge in [0.2, 0.25) is 5.91 Å². The van der Waals surface area contributed by atoms with Gasteiger partial charge in [-0.25, -0.2) is 0 Å². The van der Waals surface area contributed by atoms with E-state index in [1.807, 2.05) is 4.90 Å². The molecule has 2 rings (SSSR count). The molecule has 0 saturated carbocycles. The van der Waals surface area contributed by atoms with E-state index in [9.17, 15) is 4.79 Å². The topological polar surface area (TPSA) is 66.6 Å². The van der Waals surface area contributed by atoms with E-state index in [4.69, 9.17) is 10.8 Å². The van der Waals surface area contributed by atoms with Gasteiger partial charge in [-0.05, 0) is 30.5 Å². The van der Waals surface area contributed by atoms with Gasteiger partial charge in [0.1, 0.15) is 5.75 Å². The van der Waals surface area contributed by atoms with Gasteiger partial charge in [-0.1, -0.05) is 12.1 Å². The molecule has 0 aromatic heterocycles. The predicted octanol–water partition coefficient (Wildman–Crippen LogP) is 0.884. The number of benzene rings is 1. The van der Waals surface area contributed by atoms with Gasteiger partial charge in [-0.2, -0.15) is 0 Å². The van der Waals surface area contributed by atoms with Gasteiger partial charge < -0.3 is 15.7 Å². The van der Waals surface area contributed by atoms with Crippen LogP contribution in [-0.2, 0) is 11.2 Å². The van der Waals surface area contributed by atoms with Crippen molar-refractivity contribution in [3.63, 3.8) is 0 Å². The summed E-state index contributed by atoms with van der Waals surface area (Å²) < 4.78 is 0. The van der Waals surface area contributed by atoms with Crippen LogP contribution in [0.5, 0.6) is 5.75 Å². The number of nitrogens with two attached hydrogens (primary N) is 1. The first-order chi connectivity index (χ1) is 8.15. The predicted molar refractivity (Wildman–Crippen MR) is 65.6 cm³/mol. The second-order valence-corrected chi connectivity index (χ2v) is 4.59. The van der Waals surface area contributed by atoms with Gasteiger partial charge in [0.25, 0.3) is 0 Å². The highest BCUT2D eigenvalue weighted by molar-refractivity contribution is 5.79. The third-order valence-electron chi connectivity index (χ3n) is 3.10. The number of phenols is 1. The fourth-order valence-corrected chi connectivity index (χ4v) is 2.14. The molecule has 1 saturated heterocycles. The van der Waals surface area contributed by atoms with E-state index in [-0.39, 0.29) is 17.7 Å². The normalized spacial score (nSPS) is 20.3. The number of carbonyl (C=O) groups excluding carboxylic acids is 1. The SMILES string of the molecule is N[C@@H]1CCCN(C(=O)Cc2ccc(O)cc2)C1. The largest absolute Gasteiger partial charge is 0.508 e. The maximum absolute atomic E-state index is 12.0. The summed E-state index contributed by atoms with van der Waals surface area (Å²) in [4.78, 5) is 13.8. The van der Waals surface area contributed by atoms with Crippen molar-refractivity contribution >= 4 is 5.91 Å². The Labute approximate surface area is 101 Å². The minimum absolute atomic E-state index is 0.117. The zero-order valence-corrected chi connectivity index (χ0v) is 9.80. The van der Waals surface area contributed by atoms with Crippen molar-refractivity contribution in [2.45, 2.75) is 25.3 Å². The second kappa shape index (κ2) is 5.19. The molecule has 0 spiro atoms. The number of likely N-dealkylation sites (tertiary alicyclic amines) is 1. The first-order valence-electron chi connectivity index (χ1n) is 5.96. The first kappa shape index (κ1) is 11.9. The number of hydrogen-bond donors (Lipinski definition) is 2. The summed E-state index contributed by atoms with van der Waals surface area (Å²) in [5, 5.41) is 9.16. The molecule has 1 amide bonds. The summed E-state index contributed by atoms with van der Waals surface area (Å²) in [6.45, 7) is 1.47. The lowest BCUT2D eigenvalue weighted by Crippen LogP contribution is -2.46. The fraction of sp³-hybridized carbons (Fsp3) is 0.462. The summed E-state index contributed by atoms with van der Waals surface area (Å²) >= 11 is 0. The minimum Gasteiger partial charge on any atom is -0.508 e. The zero-order valence-electron chi connectivity index (χ0n) is 9.80. The number of phenolic OH excluding ortho intramolecular Hbond substituents is 1. The second-order valence-electron chi connectivity index (χ2n) is 4.59. The van der Waals surface area contributed by atoms with Crippen LogP contribution in [0.4, 0.5) is 0 Å². The van der Waals surface area contributed by atoms with Gasteiger partial charge >= 0.3 is 0 Å². The third kappa shape index (κ3) is 3.20. The Kier molecular flexibility index (Phi) is 3.64. The highest BCUT2D eigenvalue weighted by atomic mass is 16.3. The van der Waals surface area contributed by atoms with Gasteiger partial charge in [-0.15, -0.1) is 0 Å². The molecule has 1 fully saturated rings. The zero-order chi connectivity index (χ0) is 12.3. The van der Waals surface area contributed by atoms with Crippen LogP contribution in [0, 0.1) is 0 Å². The standard InChI is InChI=1S/C13H18N2O2/c14-11-2-1-7-15(9-11)13(17)8-10-3-5-12(16)6-4-10/h3-6,11,16H,1-2,7-9,14H2/t11-/m1/s1. The molecule has 3 N–H and O–H groups in total. The van der Waals surface area contributed by atoms with Crippen molar-refractivity contribution in [2.75, 3.05) is 13.1 Å². The van der Waals surface area contributed by atoms with Crippen LogP contribution >= 0.6 is 0 Å². The molecule has 0 unspecified atom stereocenters. The van der Waals surface area contributed by atoms with Crippen LogP contribution in [0.2, 0.25) is 0 Å². The molecule has 0 aliphatic carbocycles. The van der Waals surface area contributed by atoms with E-state index in [1.54, 1.807) is 24.3 Å². The van der Waals surface area contributed by atoms with Crippen molar-refractivity contribution < 1.29 is 9.90 Å². The highest BCUT2D eigenvalue weighted by Gasteiger charge is 2.20. The molecule has 17 heavy (non-hydrogen) atoms. The quantitative estimate of drug-likeness (QED) is 0.798. The van der Waals surface area contributed by atoms with Crippen molar-refractivity contribution in [2.24, 2.45) is 5.73 Å². The number of carbonyl (C=O) groups is 1. The molecule has 0 radical (unpaired) electrons. The van der Waals surface area contributed by atoms with Crippen molar-refractivity contribution in [1.29, 1.82) is 0 Å². The summed E-state index contributed by atoms with van der Waals surface area (Å²) in [7, 11) is 0. The number of piperidine rings is 1. The molecule has 92 valence electrons. The molecule has 4 heteroatoms. The summed E-state index contributed by atoms with van der Waals surface area (Å²) in [6.07, 6.45) is 2.37. The lowest BCUT2D eigenvalue weighted by Gasteiger charge is -2.30. The molecule has 0 bridgehead atoms. The Morgan fingerprint density at radius 2 is 2.12 bits per heavy atom. The van der Waals surface area contributed by atoms with Gasteiger partial charge in [0, 0.05) is 19.1 Å². The monoisotopic (exact) mass is 234 g/mol. The van der Waals surface area contributed by atoms with Crippen LogP contribution in [0.1, 0.15) is 18.4 Å². The van der Waals surface area contributed by atoms with E-state index < -0.39 is 0 Å². The van der Waals surface area contributed by atoms with Crippen LogP contribution in [0.15, 0.2) is 24.3 Å². The van der Waals surface area contributed by atoms with E-state index in [1.165, 1.54) is 0 Å². The van der Waals surface area contributed by atoms with E-state index in [0.29, 0.717) is 13.0 Å². The summed E-state index contributed by atoms with van der Waals surface area (Å²) in [5.41, 5.74) is 6.77. The first-order valence-corrected chi connectivity index (χ1v) is 5.96. The Hall–Kier alpha value is -1.55. The molecule has 1 aliphatic heterocycles. The summed E-state index contributed by atoms with van der Waals surface area (Å²) in [6, 6.07) is 6.87. The molecule has 1 aromatic carbocycles. The maximum atomic E-state index is 12.0. The number of aromatic hydroxyl groups is 1. The lowest BCUT2D eigenvalue weighted by molar-refractivity contribution is -0.131. The van der Waals surface area contributed by atoms with E-state index >= 15 is 0 Å². The molecular formula is C13H18N2O2. The Balaban J connectivity index is 1.94. The molecule has 1 heterocycles. The van der Waals surface area contributed by atoms with Crippen LogP contribution in [0.3, 0.4) is 0 Å². The van der Waals surface area contributed by atoms with E-state index in [2.05, 4.69) is 0 Å². The Morgan fingerprint density at radius 1 is 1.41 bits per heavy atom. The average molecular weight is 234 g/mol. The fourth-order valence-electron chi connectivity index (χ4n) is 2.14. The van der Waals surface area contributed by atoms with Crippen LogP contribution in [-0.4, -0.2) is 35.0 Å². The van der Waals surface area contributed by atoms with Crippen molar-refractivity contribution in [3.8, 4) is 5.75 Å². The number of nitrogens with zero attached hydrogens (tertiary/aromatic N) is 1. The Bertz CT molecular complexity index is 389. The maximum Gasteiger partial charge on any atom is 0.227 e. The smallest absolute Gasteiger partial charge is 0.227 e. The average Bonchev–Trinajstić information content (AvgIpc) is 2.32. The van der Waals surface area contributed by atoms with Crippen LogP contribution < -0.4 is 5.73 Å². The summed E-state index contributed by atoms with van der Waals surface area (Å²) in [5.74, 6) is 0.340. The van der Waals surface area contributed by atoms with Crippen LogP contribution in [0.25, 0.3) is 0 Å². The number of hydrogen-bond acceptors (Lipinski definition) is 3. The molecule has 4 nitrogen and oxygen atoms in total. The van der Waals surface area contributed by atoms with Gasteiger partial charge in [-0.3, -0.25) is 4.79 Å². The number of amides is 1. The van der Waals surface area contributed by atoms with Crippen molar-refractivity contribution in [3.05, 3.63) is 29.8 Å². The molecule has 1 atom stereocenters. The highest BCUT2D eigenvalue weighted by Crippen LogP contribution is 2.13.